The minimum Gasteiger partial charge on any atom is -0.469 e. The van der Waals surface area contributed by atoms with Crippen LogP contribution in [0.15, 0.2) is 41.0 Å². The molecule has 1 aromatic heterocycles. The molecule has 0 saturated heterocycles. The van der Waals surface area contributed by atoms with Crippen LogP contribution < -0.4 is 5.32 Å². The quantitative estimate of drug-likeness (QED) is 0.879. The van der Waals surface area contributed by atoms with Crippen molar-refractivity contribution >= 4 is 17.6 Å². The number of carbonyl (C=O) groups is 2. The molecule has 0 fully saturated rings. The van der Waals surface area contributed by atoms with Gasteiger partial charge in [0.05, 0.1) is 6.26 Å². The van der Waals surface area contributed by atoms with Crippen molar-refractivity contribution in [2.45, 2.75) is 20.0 Å². The minimum absolute atomic E-state index is 0.264. The molecule has 0 saturated carbocycles. The van der Waals surface area contributed by atoms with Gasteiger partial charge in [-0.25, -0.2) is 9.18 Å². The highest BCUT2D eigenvalue weighted by Crippen LogP contribution is 2.13. The Kier molecular flexibility index (Phi) is 4.37. The Hall–Kier alpha value is -2.63. The molecule has 0 radical (unpaired) electrons. The van der Waals surface area contributed by atoms with Gasteiger partial charge in [-0.15, -0.1) is 0 Å². The van der Waals surface area contributed by atoms with E-state index in [-0.39, 0.29) is 5.56 Å². The lowest BCUT2D eigenvalue weighted by molar-refractivity contribution is -0.123. The van der Waals surface area contributed by atoms with E-state index in [1.807, 2.05) is 0 Å². The molecule has 6 heteroatoms. The number of aryl methyl sites for hydroxylation is 1. The van der Waals surface area contributed by atoms with Crippen LogP contribution in [-0.4, -0.2) is 18.0 Å². The lowest BCUT2D eigenvalue weighted by atomic mass is 10.2. The summed E-state index contributed by atoms with van der Waals surface area (Å²) in [6.07, 6.45) is 0.346. The number of benzene rings is 1. The molecule has 0 aliphatic heterocycles. The summed E-state index contributed by atoms with van der Waals surface area (Å²) in [5, 5.41) is 2.47. The van der Waals surface area contributed by atoms with Crippen LogP contribution in [-0.2, 0) is 9.53 Å². The second-order valence-electron chi connectivity index (χ2n) is 4.44. The summed E-state index contributed by atoms with van der Waals surface area (Å²) in [5.74, 6) is -1.25. The third kappa shape index (κ3) is 3.68. The average molecular weight is 291 g/mol. The summed E-state index contributed by atoms with van der Waals surface area (Å²) >= 11 is 0. The zero-order valence-electron chi connectivity index (χ0n) is 11.6. The number of anilines is 1. The second kappa shape index (κ2) is 6.21. The highest BCUT2D eigenvalue weighted by molar-refractivity contribution is 5.97. The van der Waals surface area contributed by atoms with Gasteiger partial charge in [0.2, 0.25) is 0 Å². The Labute approximate surface area is 120 Å². The first kappa shape index (κ1) is 14.8. The molecule has 5 nitrogen and oxygen atoms in total. The van der Waals surface area contributed by atoms with E-state index >= 15 is 0 Å². The monoisotopic (exact) mass is 291 g/mol. The number of esters is 1. The third-order valence-electron chi connectivity index (χ3n) is 2.82. The Balaban J connectivity index is 1.97. The minimum atomic E-state index is -1.02. The Bertz CT molecular complexity index is 665. The lowest BCUT2D eigenvalue weighted by Crippen LogP contribution is -2.30. The maximum absolute atomic E-state index is 13.0. The van der Waals surface area contributed by atoms with Gasteiger partial charge in [-0.05, 0) is 38.1 Å². The van der Waals surface area contributed by atoms with Crippen LogP contribution in [0.4, 0.5) is 10.1 Å². The number of carbonyl (C=O) groups excluding carboxylic acids is 2. The van der Waals surface area contributed by atoms with E-state index in [4.69, 9.17) is 9.15 Å². The van der Waals surface area contributed by atoms with Crippen LogP contribution in [0.25, 0.3) is 0 Å². The number of ether oxygens (including phenoxy) is 1. The molecule has 1 heterocycles. The summed E-state index contributed by atoms with van der Waals surface area (Å²) in [7, 11) is 0. The van der Waals surface area contributed by atoms with Crippen molar-refractivity contribution in [1.82, 2.24) is 0 Å². The fourth-order valence-electron chi connectivity index (χ4n) is 1.68. The van der Waals surface area contributed by atoms with Crippen LogP contribution in [0.1, 0.15) is 23.0 Å². The summed E-state index contributed by atoms with van der Waals surface area (Å²) < 4.78 is 23.0. The number of halogens is 1. The van der Waals surface area contributed by atoms with Crippen molar-refractivity contribution in [2.75, 3.05) is 5.32 Å². The van der Waals surface area contributed by atoms with E-state index in [0.29, 0.717) is 11.4 Å². The fraction of sp³-hybridized carbons (Fsp3) is 0.200. The van der Waals surface area contributed by atoms with Crippen LogP contribution in [0.3, 0.4) is 0 Å². The van der Waals surface area contributed by atoms with E-state index in [9.17, 15) is 14.0 Å². The Morgan fingerprint density at radius 1 is 1.33 bits per heavy atom. The molecular weight excluding hydrogens is 277 g/mol. The van der Waals surface area contributed by atoms with Gasteiger partial charge in [-0.3, -0.25) is 4.79 Å². The smallest absolute Gasteiger partial charge is 0.342 e. The lowest BCUT2D eigenvalue weighted by Gasteiger charge is -2.13. The van der Waals surface area contributed by atoms with E-state index < -0.39 is 23.8 Å². The molecule has 0 aliphatic carbocycles. The highest BCUT2D eigenvalue weighted by Gasteiger charge is 2.21. The molecule has 0 aliphatic rings. The maximum atomic E-state index is 13.0. The maximum Gasteiger partial charge on any atom is 0.342 e. The fourth-order valence-corrected chi connectivity index (χ4v) is 1.68. The highest BCUT2D eigenvalue weighted by atomic mass is 19.1. The van der Waals surface area contributed by atoms with Gasteiger partial charge in [-0.2, -0.15) is 0 Å². The van der Waals surface area contributed by atoms with Crippen LogP contribution in [0.5, 0.6) is 0 Å². The zero-order chi connectivity index (χ0) is 15.4. The number of furan rings is 1. The van der Waals surface area contributed by atoms with Gasteiger partial charge in [0.15, 0.2) is 6.10 Å². The van der Waals surface area contributed by atoms with Crippen LogP contribution >= 0.6 is 0 Å². The topological polar surface area (TPSA) is 68.5 Å². The summed E-state index contributed by atoms with van der Waals surface area (Å²) in [6.45, 7) is 3.05. The van der Waals surface area contributed by atoms with Gasteiger partial charge in [0, 0.05) is 5.69 Å². The molecule has 2 rings (SSSR count). The SMILES string of the molecule is Cc1occc1C(=O)OC(C)C(=O)Nc1cccc(F)c1. The van der Waals surface area contributed by atoms with E-state index in [1.165, 1.54) is 43.5 Å². The predicted octanol–water partition coefficient (Wildman–Crippen LogP) is 2.91. The summed E-state index contributed by atoms with van der Waals surface area (Å²) in [4.78, 5) is 23.7. The number of rotatable bonds is 4. The van der Waals surface area contributed by atoms with E-state index in [1.54, 1.807) is 6.92 Å². The van der Waals surface area contributed by atoms with Crippen molar-refractivity contribution in [1.29, 1.82) is 0 Å². The van der Waals surface area contributed by atoms with Gasteiger partial charge in [0.1, 0.15) is 17.1 Å². The first-order valence-electron chi connectivity index (χ1n) is 6.29. The second-order valence-corrected chi connectivity index (χ2v) is 4.44. The number of amides is 1. The van der Waals surface area contributed by atoms with Gasteiger partial charge in [0.25, 0.3) is 5.91 Å². The van der Waals surface area contributed by atoms with Crippen molar-refractivity contribution in [3.8, 4) is 0 Å². The molecule has 1 atom stereocenters. The van der Waals surface area contributed by atoms with Gasteiger partial charge in [-0.1, -0.05) is 6.07 Å². The first-order valence-corrected chi connectivity index (χ1v) is 6.29. The normalized spacial score (nSPS) is 11.8. The molecule has 1 aromatic carbocycles. The first-order chi connectivity index (χ1) is 9.97. The molecule has 0 spiro atoms. The molecule has 110 valence electrons. The van der Waals surface area contributed by atoms with Crippen LogP contribution in [0.2, 0.25) is 0 Å². The summed E-state index contributed by atoms with van der Waals surface area (Å²) in [5.41, 5.74) is 0.558. The predicted molar refractivity (Wildman–Crippen MR) is 73.4 cm³/mol. The van der Waals surface area contributed by atoms with E-state index in [2.05, 4.69) is 5.32 Å². The largest absolute Gasteiger partial charge is 0.469 e. The molecule has 21 heavy (non-hydrogen) atoms. The van der Waals surface area contributed by atoms with Crippen molar-refractivity contribution in [3.05, 3.63) is 53.7 Å². The number of hydrogen-bond acceptors (Lipinski definition) is 4. The third-order valence-corrected chi connectivity index (χ3v) is 2.82. The zero-order valence-corrected chi connectivity index (χ0v) is 11.6. The Morgan fingerprint density at radius 2 is 2.10 bits per heavy atom. The molecular formula is C15H14FNO4. The van der Waals surface area contributed by atoms with Gasteiger partial charge < -0.3 is 14.5 Å². The molecule has 1 amide bonds. The Morgan fingerprint density at radius 3 is 2.71 bits per heavy atom. The molecule has 1 unspecified atom stereocenters. The standard InChI is InChI=1S/C15H14FNO4/c1-9-13(6-7-20-9)15(19)21-10(2)14(18)17-12-5-3-4-11(16)8-12/h3-8,10H,1-2H3,(H,17,18). The van der Waals surface area contributed by atoms with Crippen molar-refractivity contribution in [2.24, 2.45) is 0 Å². The van der Waals surface area contributed by atoms with Gasteiger partial charge >= 0.3 is 5.97 Å². The van der Waals surface area contributed by atoms with Crippen molar-refractivity contribution in [3.63, 3.8) is 0 Å². The average Bonchev–Trinajstić information content (AvgIpc) is 2.85. The molecule has 2 aromatic rings. The number of nitrogens with one attached hydrogen (secondary N) is 1. The van der Waals surface area contributed by atoms with E-state index in [0.717, 1.165) is 0 Å². The molecule has 0 bridgehead atoms. The number of hydrogen-bond donors (Lipinski definition) is 1. The summed E-state index contributed by atoms with van der Waals surface area (Å²) in [6, 6.07) is 6.91. The van der Waals surface area contributed by atoms with Crippen molar-refractivity contribution < 1.29 is 23.1 Å². The molecule has 1 N–H and O–H groups in total. The van der Waals surface area contributed by atoms with Crippen LogP contribution in [0, 0.1) is 12.7 Å².